The van der Waals surface area contributed by atoms with Gasteiger partial charge in [0.1, 0.15) is 11.4 Å². The Balaban J connectivity index is 2.05. The van der Waals surface area contributed by atoms with E-state index in [9.17, 15) is 4.79 Å². The number of aromatic nitrogens is 1. The van der Waals surface area contributed by atoms with Gasteiger partial charge in [-0.15, -0.1) is 0 Å². The maximum Gasteiger partial charge on any atom is 0.274 e. The molecule has 0 saturated heterocycles. The second-order valence-electron chi connectivity index (χ2n) is 4.65. The van der Waals surface area contributed by atoms with Crippen LogP contribution in [0.25, 0.3) is 0 Å². The lowest BCUT2D eigenvalue weighted by Gasteiger charge is -2.10. The third-order valence-electron chi connectivity index (χ3n) is 3.04. The molecule has 1 aromatic heterocycles. The van der Waals surface area contributed by atoms with Crippen molar-refractivity contribution in [1.29, 1.82) is 0 Å². The Labute approximate surface area is 139 Å². The smallest absolute Gasteiger partial charge is 0.274 e. The van der Waals surface area contributed by atoms with Crippen LogP contribution in [-0.4, -0.2) is 38.3 Å². The summed E-state index contributed by atoms with van der Waals surface area (Å²) in [6.07, 6.45) is 1.60. The van der Waals surface area contributed by atoms with Gasteiger partial charge in [0.05, 0.1) is 31.3 Å². The molecule has 0 unspecified atom stereocenters. The van der Waals surface area contributed by atoms with E-state index < -0.39 is 0 Å². The number of rotatable bonds is 7. The maximum absolute atomic E-state index is 12.3. The zero-order valence-electron chi connectivity index (χ0n) is 12.9. The molecule has 0 saturated carbocycles. The van der Waals surface area contributed by atoms with Crippen LogP contribution < -0.4 is 15.4 Å². The van der Waals surface area contributed by atoms with E-state index in [1.807, 2.05) is 0 Å². The molecular weight excluding hydrogens is 318 g/mol. The van der Waals surface area contributed by atoms with Crippen molar-refractivity contribution >= 4 is 28.9 Å². The summed E-state index contributed by atoms with van der Waals surface area (Å²) in [5.74, 6) is 0.189. The molecule has 0 aliphatic heterocycles. The highest BCUT2D eigenvalue weighted by Gasteiger charge is 2.11. The minimum absolute atomic E-state index is 0.296. The monoisotopic (exact) mass is 335 g/mol. The zero-order chi connectivity index (χ0) is 16.7. The minimum atomic E-state index is -0.339. The molecule has 0 spiro atoms. The molecule has 0 fully saturated rings. The van der Waals surface area contributed by atoms with Gasteiger partial charge in [0, 0.05) is 18.7 Å². The predicted molar refractivity (Wildman–Crippen MR) is 90.6 cm³/mol. The Bertz CT molecular complexity index is 662. The van der Waals surface area contributed by atoms with Crippen LogP contribution >= 0.6 is 11.6 Å². The maximum atomic E-state index is 12.3. The summed E-state index contributed by atoms with van der Waals surface area (Å²) in [6, 6.07) is 8.43. The summed E-state index contributed by atoms with van der Waals surface area (Å²) in [5, 5.41) is 6.38. The van der Waals surface area contributed by atoms with Crippen molar-refractivity contribution in [3.63, 3.8) is 0 Å². The lowest BCUT2D eigenvalue weighted by atomic mass is 10.2. The van der Waals surface area contributed by atoms with Crippen molar-refractivity contribution < 1.29 is 14.3 Å². The van der Waals surface area contributed by atoms with Gasteiger partial charge in [-0.2, -0.15) is 0 Å². The number of halogens is 1. The second kappa shape index (κ2) is 8.36. The molecule has 1 amide bonds. The molecule has 2 rings (SSSR count). The lowest BCUT2D eigenvalue weighted by Crippen LogP contribution is -2.15. The van der Waals surface area contributed by atoms with Crippen molar-refractivity contribution in [2.24, 2.45) is 0 Å². The topological polar surface area (TPSA) is 72.5 Å². The van der Waals surface area contributed by atoms with Crippen molar-refractivity contribution in [1.82, 2.24) is 4.98 Å². The fraction of sp³-hybridized carbons (Fsp3) is 0.250. The average molecular weight is 336 g/mol. The van der Waals surface area contributed by atoms with Crippen molar-refractivity contribution in [3.8, 4) is 5.75 Å². The number of ether oxygens (including phenoxy) is 2. The molecule has 1 heterocycles. The standard InChI is InChI=1S/C16H18ClN3O3/c1-22-8-7-18-12-4-5-13(19-10-12)16(21)20-14-9-11(17)3-6-15(14)23-2/h3-6,9-10,18H,7-8H2,1-2H3,(H,20,21). The summed E-state index contributed by atoms with van der Waals surface area (Å²) in [6.45, 7) is 1.26. The van der Waals surface area contributed by atoms with Gasteiger partial charge in [0.2, 0.25) is 0 Å². The molecule has 7 heteroatoms. The number of nitrogens with zero attached hydrogens (tertiary/aromatic N) is 1. The first-order valence-corrected chi connectivity index (χ1v) is 7.35. The molecule has 1 aromatic carbocycles. The summed E-state index contributed by atoms with van der Waals surface area (Å²) in [4.78, 5) is 16.4. The van der Waals surface area contributed by atoms with Crippen molar-refractivity contribution in [2.75, 3.05) is 38.0 Å². The van der Waals surface area contributed by atoms with Crippen LogP contribution in [0.1, 0.15) is 10.5 Å². The Morgan fingerprint density at radius 1 is 1.26 bits per heavy atom. The largest absolute Gasteiger partial charge is 0.495 e. The predicted octanol–water partition coefficient (Wildman–Crippen LogP) is 3.05. The summed E-state index contributed by atoms with van der Waals surface area (Å²) < 4.78 is 10.1. The fourth-order valence-electron chi connectivity index (χ4n) is 1.89. The average Bonchev–Trinajstić information content (AvgIpc) is 2.56. The molecule has 122 valence electrons. The van der Waals surface area contributed by atoms with E-state index >= 15 is 0 Å². The van der Waals surface area contributed by atoms with Gasteiger partial charge in [-0.3, -0.25) is 4.79 Å². The summed E-state index contributed by atoms with van der Waals surface area (Å²) in [7, 11) is 3.16. The summed E-state index contributed by atoms with van der Waals surface area (Å²) in [5.41, 5.74) is 1.61. The van der Waals surface area contributed by atoms with E-state index in [1.54, 1.807) is 43.6 Å². The first-order valence-electron chi connectivity index (χ1n) is 6.98. The number of carbonyl (C=O) groups is 1. The van der Waals surface area contributed by atoms with Crippen molar-refractivity contribution in [3.05, 3.63) is 47.2 Å². The molecule has 0 atom stereocenters. The van der Waals surface area contributed by atoms with E-state index in [0.717, 1.165) is 5.69 Å². The molecule has 0 radical (unpaired) electrons. The van der Waals surface area contributed by atoms with Gasteiger partial charge < -0.3 is 20.1 Å². The Kier molecular flexibility index (Phi) is 6.19. The minimum Gasteiger partial charge on any atom is -0.495 e. The fourth-order valence-corrected chi connectivity index (χ4v) is 2.07. The highest BCUT2D eigenvalue weighted by Crippen LogP contribution is 2.28. The molecule has 0 aliphatic rings. The first-order chi connectivity index (χ1) is 11.1. The van der Waals surface area contributed by atoms with Crippen LogP contribution in [0.2, 0.25) is 5.02 Å². The van der Waals surface area contributed by atoms with E-state index in [1.165, 1.54) is 7.11 Å². The van der Waals surface area contributed by atoms with Gasteiger partial charge >= 0.3 is 0 Å². The SMILES string of the molecule is COCCNc1ccc(C(=O)Nc2cc(Cl)ccc2OC)nc1. The number of hydrogen-bond donors (Lipinski definition) is 2. The third-order valence-corrected chi connectivity index (χ3v) is 3.28. The van der Waals surface area contributed by atoms with Crippen LogP contribution in [0.15, 0.2) is 36.5 Å². The van der Waals surface area contributed by atoms with E-state index in [2.05, 4.69) is 15.6 Å². The molecular formula is C16H18ClN3O3. The normalized spacial score (nSPS) is 10.2. The van der Waals surface area contributed by atoms with Crippen LogP contribution in [0.5, 0.6) is 5.75 Å². The van der Waals surface area contributed by atoms with E-state index in [0.29, 0.717) is 35.3 Å². The first kappa shape index (κ1) is 17.1. The number of pyridine rings is 1. The van der Waals surface area contributed by atoms with Crippen LogP contribution in [0.4, 0.5) is 11.4 Å². The second-order valence-corrected chi connectivity index (χ2v) is 5.09. The Hall–Kier alpha value is -2.31. The van der Waals surface area contributed by atoms with E-state index in [-0.39, 0.29) is 5.91 Å². The molecule has 2 N–H and O–H groups in total. The Morgan fingerprint density at radius 2 is 2.09 bits per heavy atom. The number of carbonyl (C=O) groups excluding carboxylic acids is 1. The van der Waals surface area contributed by atoms with Gasteiger partial charge in [0.25, 0.3) is 5.91 Å². The molecule has 0 bridgehead atoms. The lowest BCUT2D eigenvalue weighted by molar-refractivity contribution is 0.102. The molecule has 23 heavy (non-hydrogen) atoms. The van der Waals surface area contributed by atoms with Crippen LogP contribution in [0.3, 0.4) is 0 Å². The number of methoxy groups -OCH3 is 2. The zero-order valence-corrected chi connectivity index (χ0v) is 13.7. The van der Waals surface area contributed by atoms with Crippen LogP contribution in [0, 0.1) is 0 Å². The number of benzene rings is 1. The van der Waals surface area contributed by atoms with Crippen LogP contribution in [-0.2, 0) is 4.74 Å². The molecule has 2 aromatic rings. The number of nitrogens with one attached hydrogen (secondary N) is 2. The number of anilines is 2. The quantitative estimate of drug-likeness (QED) is 0.761. The highest BCUT2D eigenvalue weighted by molar-refractivity contribution is 6.31. The molecule has 0 aliphatic carbocycles. The van der Waals surface area contributed by atoms with E-state index in [4.69, 9.17) is 21.1 Å². The van der Waals surface area contributed by atoms with Crippen molar-refractivity contribution in [2.45, 2.75) is 0 Å². The third kappa shape index (κ3) is 4.84. The highest BCUT2D eigenvalue weighted by atomic mass is 35.5. The Morgan fingerprint density at radius 3 is 2.74 bits per heavy atom. The number of amides is 1. The summed E-state index contributed by atoms with van der Waals surface area (Å²) >= 11 is 5.94. The number of hydrogen-bond acceptors (Lipinski definition) is 5. The van der Waals surface area contributed by atoms with Gasteiger partial charge in [0.15, 0.2) is 0 Å². The molecule has 6 nitrogen and oxygen atoms in total. The van der Waals surface area contributed by atoms with Gasteiger partial charge in [-0.05, 0) is 30.3 Å². The van der Waals surface area contributed by atoms with Gasteiger partial charge in [-0.1, -0.05) is 11.6 Å². The van der Waals surface area contributed by atoms with Gasteiger partial charge in [-0.25, -0.2) is 4.98 Å².